The van der Waals surface area contributed by atoms with Crippen molar-refractivity contribution in [3.8, 4) is 0 Å². The Morgan fingerprint density at radius 3 is 2.54 bits per heavy atom. The highest BCUT2D eigenvalue weighted by Gasteiger charge is 2.63. The van der Waals surface area contributed by atoms with Crippen LogP contribution >= 0.6 is 0 Å². The lowest BCUT2D eigenvalue weighted by Crippen LogP contribution is -2.60. The number of carbonyl (C=O) groups excluding carboxylic acids is 1. The highest BCUT2D eigenvalue weighted by atomic mass is 16.5. The molecule has 1 spiro atoms. The smallest absolute Gasteiger partial charge is 0.331 e. The van der Waals surface area contributed by atoms with Crippen LogP contribution in [0.25, 0.3) is 4.85 Å². The van der Waals surface area contributed by atoms with Gasteiger partial charge in [0.15, 0.2) is 5.69 Å². The Kier molecular flexibility index (Phi) is 4.85. The summed E-state index contributed by atoms with van der Waals surface area (Å²) in [4.78, 5) is 16.6. The second-order valence-corrected chi connectivity index (χ2v) is 8.00. The van der Waals surface area contributed by atoms with Gasteiger partial charge in [-0.15, -0.1) is 0 Å². The second kappa shape index (κ2) is 6.68. The number of fused-ring (bicyclic) bond motifs is 1. The predicted molar refractivity (Wildman–Crippen MR) is 99.7 cm³/mol. The predicted octanol–water partition coefficient (Wildman–Crippen LogP) is 3.58. The van der Waals surface area contributed by atoms with E-state index in [4.69, 9.17) is 21.8 Å². The number of rotatable bonds is 3. The van der Waals surface area contributed by atoms with Gasteiger partial charge in [-0.25, -0.2) is 9.64 Å². The van der Waals surface area contributed by atoms with Crippen LogP contribution in [0.15, 0.2) is 18.2 Å². The molecule has 5 nitrogen and oxygen atoms in total. The van der Waals surface area contributed by atoms with E-state index >= 15 is 0 Å². The Morgan fingerprint density at radius 1 is 1.35 bits per heavy atom. The van der Waals surface area contributed by atoms with Gasteiger partial charge in [0.25, 0.3) is 0 Å². The topological polar surface area (TPSA) is 65.9 Å². The first-order valence-corrected chi connectivity index (χ1v) is 9.32. The van der Waals surface area contributed by atoms with E-state index in [0.717, 1.165) is 30.4 Å². The lowest BCUT2D eigenvalue weighted by atomic mass is 9.57. The summed E-state index contributed by atoms with van der Waals surface area (Å²) in [6.45, 7) is 13.8. The summed E-state index contributed by atoms with van der Waals surface area (Å²) >= 11 is 0. The van der Waals surface area contributed by atoms with E-state index < -0.39 is 11.0 Å². The van der Waals surface area contributed by atoms with Crippen LogP contribution in [-0.2, 0) is 26.2 Å². The number of nitrogens with zero attached hydrogens (tertiary/aromatic N) is 1. The molecule has 0 radical (unpaired) electrons. The molecule has 2 unspecified atom stereocenters. The van der Waals surface area contributed by atoms with Crippen molar-refractivity contribution >= 4 is 11.7 Å². The summed E-state index contributed by atoms with van der Waals surface area (Å²) in [6, 6.07) is 5.55. The number of methoxy groups -OCH3 is 1. The Balaban J connectivity index is 2.14. The normalized spacial score (nSPS) is 35.8. The number of hydrogen-bond donors (Lipinski definition) is 1. The second-order valence-electron chi connectivity index (χ2n) is 8.00. The van der Waals surface area contributed by atoms with Crippen LogP contribution in [0.1, 0.15) is 44.7 Å². The van der Waals surface area contributed by atoms with Gasteiger partial charge < -0.3 is 15.2 Å². The van der Waals surface area contributed by atoms with Crippen LogP contribution < -0.4 is 5.73 Å². The van der Waals surface area contributed by atoms with Crippen molar-refractivity contribution in [2.75, 3.05) is 13.7 Å². The van der Waals surface area contributed by atoms with E-state index in [2.05, 4.69) is 18.7 Å². The van der Waals surface area contributed by atoms with Gasteiger partial charge >= 0.3 is 5.97 Å². The van der Waals surface area contributed by atoms with Crippen LogP contribution in [0.2, 0.25) is 0 Å². The molecule has 1 fully saturated rings. The van der Waals surface area contributed by atoms with Gasteiger partial charge in [0, 0.05) is 12.5 Å². The third kappa shape index (κ3) is 2.55. The largest absolute Gasteiger partial charge is 0.464 e. The van der Waals surface area contributed by atoms with Crippen LogP contribution in [0.3, 0.4) is 0 Å². The molecule has 2 N–H and O–H groups in total. The summed E-state index contributed by atoms with van der Waals surface area (Å²) < 4.78 is 11.1. The zero-order valence-electron chi connectivity index (χ0n) is 16.0. The third-order valence-corrected chi connectivity index (χ3v) is 6.43. The Labute approximate surface area is 155 Å². The molecule has 26 heavy (non-hydrogen) atoms. The van der Waals surface area contributed by atoms with Gasteiger partial charge in [-0.1, -0.05) is 32.0 Å². The molecular formula is C21H28N2O3. The maximum Gasteiger partial charge on any atom is 0.331 e. The van der Waals surface area contributed by atoms with E-state index in [-0.39, 0.29) is 30.5 Å². The average Bonchev–Trinajstić information content (AvgIpc) is 2.83. The molecule has 0 amide bonds. The minimum atomic E-state index is -1.22. The van der Waals surface area contributed by atoms with Gasteiger partial charge in [0.2, 0.25) is 0 Å². The van der Waals surface area contributed by atoms with E-state index in [0.29, 0.717) is 5.69 Å². The molecule has 0 saturated heterocycles. The number of ether oxygens (including phenoxy) is 2. The number of nitrogens with two attached hydrogens (primary N) is 1. The Hall–Kier alpha value is -1.90. The van der Waals surface area contributed by atoms with Crippen molar-refractivity contribution in [2.24, 2.45) is 23.0 Å². The van der Waals surface area contributed by atoms with Crippen molar-refractivity contribution in [2.45, 2.75) is 51.7 Å². The van der Waals surface area contributed by atoms with Crippen molar-refractivity contribution < 1.29 is 14.3 Å². The van der Waals surface area contributed by atoms with Gasteiger partial charge in [0.05, 0.1) is 19.3 Å². The van der Waals surface area contributed by atoms with Crippen LogP contribution in [0, 0.1) is 23.8 Å². The third-order valence-electron chi connectivity index (χ3n) is 6.43. The molecule has 1 aromatic carbocycles. The first kappa shape index (κ1) is 18.9. The van der Waals surface area contributed by atoms with Crippen molar-refractivity contribution in [3.05, 3.63) is 40.7 Å². The van der Waals surface area contributed by atoms with E-state index in [1.54, 1.807) is 20.1 Å². The molecule has 0 bridgehead atoms. The summed E-state index contributed by atoms with van der Waals surface area (Å²) in [5.74, 6) is 0.197. The van der Waals surface area contributed by atoms with Crippen LogP contribution in [0.4, 0.5) is 5.69 Å². The fourth-order valence-corrected chi connectivity index (χ4v) is 5.56. The molecule has 5 atom stereocenters. The molecule has 0 aromatic heterocycles. The van der Waals surface area contributed by atoms with Crippen molar-refractivity contribution in [3.63, 3.8) is 0 Å². The summed E-state index contributed by atoms with van der Waals surface area (Å²) in [5, 5.41) is 0. The minimum Gasteiger partial charge on any atom is -0.464 e. The van der Waals surface area contributed by atoms with Crippen molar-refractivity contribution in [1.29, 1.82) is 0 Å². The summed E-state index contributed by atoms with van der Waals surface area (Å²) in [6.07, 6.45) is 2.50. The zero-order chi connectivity index (χ0) is 19.1. The maximum absolute atomic E-state index is 13.1. The number of hydrogen-bond acceptors (Lipinski definition) is 4. The van der Waals surface area contributed by atoms with Crippen molar-refractivity contribution in [1.82, 2.24) is 0 Å². The molecule has 0 heterocycles. The minimum absolute atomic E-state index is 0.162. The number of benzene rings is 1. The quantitative estimate of drug-likeness (QED) is 0.664. The molecule has 0 aliphatic heterocycles. The monoisotopic (exact) mass is 356 g/mol. The molecule has 1 saturated carbocycles. The molecule has 2 aliphatic rings. The molecule has 3 rings (SSSR count). The first-order chi connectivity index (χ1) is 12.3. The van der Waals surface area contributed by atoms with Crippen LogP contribution in [-0.4, -0.2) is 25.8 Å². The average molecular weight is 356 g/mol. The highest BCUT2D eigenvalue weighted by Crippen LogP contribution is 2.59. The summed E-state index contributed by atoms with van der Waals surface area (Å²) in [5.41, 5.74) is 7.63. The first-order valence-electron chi connectivity index (χ1n) is 9.32. The molecule has 2 aliphatic carbocycles. The van der Waals surface area contributed by atoms with Gasteiger partial charge in [-0.3, -0.25) is 0 Å². The van der Waals surface area contributed by atoms with Gasteiger partial charge in [-0.05, 0) is 49.1 Å². The van der Waals surface area contributed by atoms with Crippen LogP contribution in [0.5, 0.6) is 0 Å². The SMILES string of the molecule is [C-]#[N+]c1ccc2c(c1)[C@@](N)(C(=O)OCC)C1(C2)C[C@@H](C)C(OC)[C@@H](C)C1. The Bertz CT molecular complexity index is 742. The number of carbonyl (C=O) groups is 1. The van der Waals surface area contributed by atoms with E-state index in [1.807, 2.05) is 12.1 Å². The van der Waals surface area contributed by atoms with Gasteiger partial charge in [-0.2, -0.15) is 0 Å². The lowest BCUT2D eigenvalue weighted by Gasteiger charge is -2.51. The molecule has 5 heteroatoms. The Morgan fingerprint density at radius 2 is 2.00 bits per heavy atom. The standard InChI is InChI=1S/C21H28N2O3/c1-6-26-19(24)21(22)17-9-16(23-4)8-7-15(17)12-20(21)10-13(2)18(25-5)14(3)11-20/h7-9,13-14,18H,6,10-12,22H2,1-3,5H3/t13-,14+,18?,20?,21-/m1/s1. The highest BCUT2D eigenvalue weighted by molar-refractivity contribution is 5.86. The molecule has 140 valence electrons. The zero-order valence-corrected chi connectivity index (χ0v) is 16.0. The maximum atomic E-state index is 13.1. The number of esters is 1. The fraction of sp³-hybridized carbons (Fsp3) is 0.619. The van der Waals surface area contributed by atoms with Gasteiger partial charge in [0.1, 0.15) is 5.54 Å². The summed E-state index contributed by atoms with van der Waals surface area (Å²) in [7, 11) is 1.75. The van der Waals surface area contributed by atoms with E-state index in [9.17, 15) is 4.79 Å². The lowest BCUT2D eigenvalue weighted by molar-refractivity contribution is -0.161. The molecule has 1 aromatic rings. The molecular weight excluding hydrogens is 328 g/mol. The fourth-order valence-electron chi connectivity index (χ4n) is 5.56. The van der Waals surface area contributed by atoms with E-state index in [1.165, 1.54) is 0 Å².